The van der Waals surface area contributed by atoms with E-state index < -0.39 is 6.60 Å². The summed E-state index contributed by atoms with van der Waals surface area (Å²) in [6.07, 6.45) is 2.82. The number of rotatable bonds is 9. The predicted molar refractivity (Wildman–Crippen MR) is 175 cm³/mol. The molecule has 0 aliphatic heterocycles. The minimum absolute atomic E-state index is 0.901. The fourth-order valence-electron chi connectivity index (χ4n) is 6.57. The van der Waals surface area contributed by atoms with E-state index in [2.05, 4.69) is 176 Å². The molecule has 0 amide bonds. The van der Waals surface area contributed by atoms with Gasteiger partial charge in [0.15, 0.2) is 0 Å². The molecule has 0 fully saturated rings. The van der Waals surface area contributed by atoms with Crippen molar-refractivity contribution in [3.8, 4) is 0 Å². The summed E-state index contributed by atoms with van der Waals surface area (Å²) in [5.41, 5.74) is 5.50. The molecule has 0 aromatic heterocycles. The van der Waals surface area contributed by atoms with Gasteiger partial charge < -0.3 is 0 Å². The second kappa shape index (κ2) is 11.5. The summed E-state index contributed by atoms with van der Waals surface area (Å²) in [4.78, 5) is 0. The Balaban J connectivity index is 1.76. The molecule has 0 aliphatic rings. The van der Waals surface area contributed by atoms with E-state index in [-0.39, 0.29) is 0 Å². The molecule has 40 heavy (non-hydrogen) atoms. The molecule has 6 aromatic rings. The van der Waals surface area contributed by atoms with Crippen LogP contribution in [-0.4, -0.2) is 0 Å². The first kappa shape index (κ1) is 26.0. The Kier molecular flexibility index (Phi) is 7.45. The summed E-state index contributed by atoms with van der Waals surface area (Å²) in [6, 6.07) is 65.3. The Labute approximate surface area is 238 Å². The van der Waals surface area contributed by atoms with Crippen molar-refractivity contribution in [2.24, 2.45) is 0 Å². The first-order chi connectivity index (χ1) is 19.8. The molecular formula is C39H35P. The van der Waals surface area contributed by atoms with Crippen molar-refractivity contribution in [2.45, 2.75) is 18.7 Å². The summed E-state index contributed by atoms with van der Waals surface area (Å²) in [7, 11) is 0. The maximum absolute atomic E-state index is 3.19. The van der Waals surface area contributed by atoms with Gasteiger partial charge in [-0.15, -0.1) is 0 Å². The quantitative estimate of drug-likeness (QED) is 0.163. The van der Waals surface area contributed by atoms with Crippen LogP contribution in [0.25, 0.3) is 0 Å². The average molecular weight is 535 g/mol. The molecule has 0 saturated carbocycles. The van der Waals surface area contributed by atoms with Crippen molar-refractivity contribution in [1.82, 2.24) is 0 Å². The number of hydrogen-bond acceptors (Lipinski definition) is 0. The van der Waals surface area contributed by atoms with Crippen LogP contribution in [0.4, 0.5) is 0 Å². The van der Waals surface area contributed by atoms with Gasteiger partial charge >= 0.3 is 239 Å². The summed E-state index contributed by atoms with van der Waals surface area (Å²) in [5.74, 6) is 0. The summed E-state index contributed by atoms with van der Waals surface area (Å²) >= 11 is 0. The molecular weight excluding hydrogens is 499 g/mol. The third kappa shape index (κ3) is 4.81. The summed E-state index contributed by atoms with van der Waals surface area (Å²) in [5, 5.41) is 4.36. The van der Waals surface area contributed by atoms with Crippen LogP contribution in [0.2, 0.25) is 0 Å². The Morgan fingerprint density at radius 3 is 1.12 bits per heavy atom. The van der Waals surface area contributed by atoms with E-state index in [1.165, 1.54) is 38.2 Å². The first-order valence-corrected chi connectivity index (χ1v) is 16.7. The second-order valence-corrected chi connectivity index (χ2v) is 15.9. The zero-order valence-electron chi connectivity index (χ0n) is 22.8. The molecule has 0 N–H and O–H groups in total. The van der Waals surface area contributed by atoms with E-state index in [0.717, 1.165) is 18.7 Å². The standard InChI is InChI=1S/C39H35P/c1-6-18-33(19-7-1)30-36-24-16-17-29-39(36)40(37-25-12-4-13-26-37,38-27-14-5-15-28-38,31-34-20-8-2-9-21-34)32-35-22-10-3-11-23-35/h1-29H,30-32H2. The van der Waals surface area contributed by atoms with Crippen LogP contribution in [0.3, 0.4) is 0 Å². The topological polar surface area (TPSA) is 0 Å². The first-order valence-electron chi connectivity index (χ1n) is 14.1. The Bertz CT molecular complexity index is 1560. The molecule has 0 aliphatic carbocycles. The Morgan fingerprint density at radius 2 is 0.675 bits per heavy atom. The molecule has 0 heterocycles. The van der Waals surface area contributed by atoms with Crippen molar-refractivity contribution >= 4 is 22.5 Å². The van der Waals surface area contributed by atoms with Crippen LogP contribution in [-0.2, 0) is 18.7 Å². The Hall–Kier alpha value is -4.25. The molecule has 0 nitrogen and oxygen atoms in total. The van der Waals surface area contributed by atoms with Crippen LogP contribution < -0.4 is 15.9 Å². The van der Waals surface area contributed by atoms with Gasteiger partial charge in [-0.2, -0.15) is 0 Å². The fraction of sp³-hybridized carbons (Fsp3) is 0.0769. The fourth-order valence-corrected chi connectivity index (χ4v) is 13.7. The Morgan fingerprint density at radius 1 is 0.325 bits per heavy atom. The average Bonchev–Trinajstić information content (AvgIpc) is 3.03. The van der Waals surface area contributed by atoms with Gasteiger partial charge in [-0.25, -0.2) is 0 Å². The maximum atomic E-state index is 2.45. The molecule has 6 aromatic carbocycles. The van der Waals surface area contributed by atoms with Crippen molar-refractivity contribution in [2.75, 3.05) is 0 Å². The van der Waals surface area contributed by atoms with Gasteiger partial charge in [0, 0.05) is 0 Å². The van der Waals surface area contributed by atoms with E-state index in [1.54, 1.807) is 0 Å². The third-order valence-electron chi connectivity index (χ3n) is 8.32. The molecule has 0 spiro atoms. The van der Waals surface area contributed by atoms with Crippen molar-refractivity contribution in [3.05, 3.63) is 198 Å². The van der Waals surface area contributed by atoms with E-state index in [0.29, 0.717) is 0 Å². The van der Waals surface area contributed by atoms with E-state index in [1.807, 2.05) is 0 Å². The van der Waals surface area contributed by atoms with Crippen molar-refractivity contribution in [1.29, 1.82) is 0 Å². The summed E-state index contributed by atoms with van der Waals surface area (Å²) < 4.78 is 0. The van der Waals surface area contributed by atoms with Crippen LogP contribution in [0.5, 0.6) is 0 Å². The number of hydrogen-bond donors (Lipinski definition) is 0. The predicted octanol–water partition coefficient (Wildman–Crippen LogP) is 8.51. The molecule has 1 heteroatoms. The molecule has 0 radical (unpaired) electrons. The zero-order chi connectivity index (χ0) is 27.1. The van der Waals surface area contributed by atoms with Crippen LogP contribution in [0.15, 0.2) is 176 Å². The van der Waals surface area contributed by atoms with Crippen molar-refractivity contribution in [3.63, 3.8) is 0 Å². The number of benzene rings is 6. The SMILES string of the molecule is c1ccc(Cc2ccccc2P(Cc2ccccc2)(Cc2ccccc2)(c2ccccc2)c2ccccc2)cc1. The normalized spacial score (nSPS) is 12.3. The van der Waals surface area contributed by atoms with Crippen LogP contribution in [0, 0.1) is 0 Å². The van der Waals surface area contributed by atoms with E-state index in [4.69, 9.17) is 0 Å². The van der Waals surface area contributed by atoms with E-state index in [9.17, 15) is 0 Å². The molecule has 6 rings (SSSR count). The molecule has 0 saturated heterocycles. The van der Waals surface area contributed by atoms with Gasteiger partial charge in [-0.3, -0.25) is 0 Å². The molecule has 0 bridgehead atoms. The van der Waals surface area contributed by atoms with Gasteiger partial charge in [0.2, 0.25) is 0 Å². The zero-order valence-corrected chi connectivity index (χ0v) is 23.7. The minimum atomic E-state index is -3.19. The third-order valence-corrected chi connectivity index (χ3v) is 15.1. The summed E-state index contributed by atoms with van der Waals surface area (Å²) in [6.45, 7) is -3.19. The van der Waals surface area contributed by atoms with Gasteiger partial charge in [0.1, 0.15) is 0 Å². The van der Waals surface area contributed by atoms with Gasteiger partial charge in [0.05, 0.1) is 0 Å². The van der Waals surface area contributed by atoms with Crippen LogP contribution in [0.1, 0.15) is 22.3 Å². The molecule has 0 unspecified atom stereocenters. The monoisotopic (exact) mass is 534 g/mol. The van der Waals surface area contributed by atoms with E-state index >= 15 is 0 Å². The van der Waals surface area contributed by atoms with Crippen molar-refractivity contribution < 1.29 is 0 Å². The second-order valence-electron chi connectivity index (χ2n) is 10.8. The van der Waals surface area contributed by atoms with Crippen LogP contribution >= 0.6 is 6.60 Å². The van der Waals surface area contributed by atoms with Gasteiger partial charge in [-0.05, 0) is 0 Å². The van der Waals surface area contributed by atoms with Gasteiger partial charge in [0.25, 0.3) is 0 Å². The molecule has 196 valence electrons. The molecule has 0 atom stereocenters. The van der Waals surface area contributed by atoms with Gasteiger partial charge in [-0.1, -0.05) is 0 Å².